The average molecular weight is 109 g/mol. The molecule has 34 valence electrons. The van der Waals surface area contributed by atoms with E-state index >= 15 is 0 Å². The Morgan fingerprint density at radius 3 is 2.29 bits per heavy atom. The Balaban J connectivity index is 0. The Labute approximate surface area is 63.9 Å². The second-order valence-electron chi connectivity index (χ2n) is 0.812. The van der Waals surface area contributed by atoms with Crippen molar-refractivity contribution in [3.05, 3.63) is 0 Å². The molecule has 0 spiro atoms. The first-order chi connectivity index (χ1) is 2.81. The molecule has 0 aliphatic carbocycles. The van der Waals surface area contributed by atoms with Crippen LogP contribution in [0.25, 0.3) is 0 Å². The fourth-order valence-electron chi connectivity index (χ4n) is 0.0373. The van der Waals surface area contributed by atoms with Gasteiger partial charge in [0.1, 0.15) is 6.10 Å². The maximum Gasteiger partial charge on any atom is 1.00 e. The van der Waals surface area contributed by atoms with Crippen LogP contribution in [0.15, 0.2) is 0 Å². The summed E-state index contributed by atoms with van der Waals surface area (Å²) in [5.41, 5.74) is 0. The molecule has 0 rings (SSSR count). The zero-order valence-electron chi connectivity index (χ0n) is 4.09. The molecule has 0 amide bonds. The molecular formula is C3H4NNaO2. The van der Waals surface area contributed by atoms with E-state index in [9.17, 15) is 5.11 Å². The zero-order valence-corrected chi connectivity index (χ0v) is 6.09. The van der Waals surface area contributed by atoms with E-state index in [1.54, 1.807) is 0 Å². The van der Waals surface area contributed by atoms with Gasteiger partial charge in [-0.2, -0.15) is 5.26 Å². The van der Waals surface area contributed by atoms with Crippen LogP contribution in [-0.4, -0.2) is 17.8 Å². The quantitative estimate of drug-likeness (QED) is 0.271. The molecule has 0 aliphatic heterocycles. The van der Waals surface area contributed by atoms with Crippen molar-refractivity contribution in [3.63, 3.8) is 0 Å². The summed E-state index contributed by atoms with van der Waals surface area (Å²) in [5.74, 6) is 0. The summed E-state index contributed by atoms with van der Waals surface area (Å²) < 4.78 is 0. The van der Waals surface area contributed by atoms with E-state index in [-0.39, 0.29) is 29.6 Å². The molecule has 4 heteroatoms. The largest absolute Gasteiger partial charge is 1.00 e. The van der Waals surface area contributed by atoms with Gasteiger partial charge in [-0.25, -0.2) is 0 Å². The van der Waals surface area contributed by atoms with Crippen LogP contribution >= 0.6 is 0 Å². The predicted molar refractivity (Wildman–Crippen MR) is 16.5 cm³/mol. The van der Waals surface area contributed by atoms with Crippen LogP contribution in [0.2, 0.25) is 0 Å². The monoisotopic (exact) mass is 109 g/mol. The topological polar surface area (TPSA) is 67.1 Å². The summed E-state index contributed by atoms with van der Waals surface area (Å²) >= 11 is 0. The number of nitrogens with zero attached hydrogens (tertiary/aromatic N) is 1. The van der Waals surface area contributed by atoms with Crippen molar-refractivity contribution in [1.29, 1.82) is 5.26 Å². The molecule has 3 nitrogen and oxygen atoms in total. The van der Waals surface area contributed by atoms with Crippen LogP contribution in [0.1, 0.15) is 0 Å². The summed E-state index contributed by atoms with van der Waals surface area (Å²) in [5, 5.41) is 25.0. The number of hydrogen-bond acceptors (Lipinski definition) is 3. The van der Waals surface area contributed by atoms with Crippen molar-refractivity contribution in [1.82, 2.24) is 0 Å². The minimum atomic E-state index is -1.31. The van der Waals surface area contributed by atoms with E-state index in [1.165, 1.54) is 6.07 Å². The second-order valence-corrected chi connectivity index (χ2v) is 0.812. The molecule has 1 unspecified atom stereocenters. The van der Waals surface area contributed by atoms with Crippen LogP contribution < -0.4 is 34.7 Å². The number of rotatable bonds is 1. The average Bonchev–Trinajstić information content (AvgIpc) is 1.65. The minimum Gasteiger partial charge on any atom is -0.852 e. The van der Waals surface area contributed by atoms with E-state index in [1.807, 2.05) is 0 Å². The van der Waals surface area contributed by atoms with Gasteiger partial charge in [-0.3, -0.25) is 0 Å². The van der Waals surface area contributed by atoms with Crippen molar-refractivity contribution in [3.8, 4) is 6.07 Å². The molecule has 7 heavy (non-hydrogen) atoms. The first kappa shape index (κ1) is 10.4. The molecule has 1 atom stereocenters. The Morgan fingerprint density at radius 2 is 2.29 bits per heavy atom. The molecule has 0 bridgehead atoms. The number of aliphatic hydroxyl groups excluding tert-OH is 1. The predicted octanol–water partition coefficient (Wildman–Crippen LogP) is -4.76. The van der Waals surface area contributed by atoms with Crippen LogP contribution in [0.4, 0.5) is 0 Å². The van der Waals surface area contributed by atoms with Gasteiger partial charge in [0.2, 0.25) is 0 Å². The first-order valence-corrected chi connectivity index (χ1v) is 1.47. The first-order valence-electron chi connectivity index (χ1n) is 1.47. The van der Waals surface area contributed by atoms with E-state index < -0.39 is 12.7 Å². The van der Waals surface area contributed by atoms with Gasteiger partial charge in [-0.15, -0.1) is 0 Å². The van der Waals surface area contributed by atoms with Gasteiger partial charge in [-0.05, 0) is 0 Å². The molecule has 1 N–H and O–H groups in total. The Kier molecular flexibility index (Phi) is 9.53. The zero-order chi connectivity index (χ0) is 4.99. The third-order valence-electron chi connectivity index (χ3n) is 0.307. The third kappa shape index (κ3) is 6.41. The van der Waals surface area contributed by atoms with E-state index in [2.05, 4.69) is 0 Å². The molecule has 0 heterocycles. The van der Waals surface area contributed by atoms with Gasteiger partial charge in [-0.1, -0.05) is 6.61 Å². The molecule has 0 aromatic rings. The van der Waals surface area contributed by atoms with Crippen molar-refractivity contribution < 1.29 is 39.8 Å². The van der Waals surface area contributed by atoms with Gasteiger partial charge < -0.3 is 10.2 Å². The Morgan fingerprint density at radius 1 is 1.86 bits per heavy atom. The molecule has 0 radical (unpaired) electrons. The molecular weight excluding hydrogens is 105 g/mol. The third-order valence-corrected chi connectivity index (χ3v) is 0.307. The number of nitriles is 1. The maximum absolute atomic E-state index is 9.39. The second kappa shape index (κ2) is 6.41. The summed E-state index contributed by atoms with van der Waals surface area (Å²) in [6, 6.07) is 1.36. The van der Waals surface area contributed by atoms with Crippen LogP contribution in [0.5, 0.6) is 0 Å². The summed E-state index contributed by atoms with van der Waals surface area (Å²) in [6.07, 6.45) is -1.31. The normalized spacial score (nSPS) is 11.0. The maximum atomic E-state index is 9.39. The van der Waals surface area contributed by atoms with Gasteiger partial charge in [0.05, 0.1) is 6.07 Å². The smallest absolute Gasteiger partial charge is 0.852 e. The molecule has 0 aliphatic rings. The van der Waals surface area contributed by atoms with Crippen LogP contribution in [0, 0.1) is 11.3 Å². The van der Waals surface area contributed by atoms with Crippen LogP contribution in [-0.2, 0) is 0 Å². The van der Waals surface area contributed by atoms with Crippen LogP contribution in [0.3, 0.4) is 0 Å². The molecule has 0 saturated heterocycles. The van der Waals surface area contributed by atoms with E-state index in [0.29, 0.717) is 0 Å². The van der Waals surface area contributed by atoms with Crippen molar-refractivity contribution in [2.45, 2.75) is 6.10 Å². The molecule has 0 aromatic heterocycles. The molecule has 0 saturated carbocycles. The fraction of sp³-hybridized carbons (Fsp3) is 0.667. The van der Waals surface area contributed by atoms with E-state index in [4.69, 9.17) is 10.4 Å². The standard InChI is InChI=1S/C3H4NO2.Na/c4-1-3(6)2-5;/h3,6H,2H2;/q-1;+1. The minimum absolute atomic E-state index is 0. The van der Waals surface area contributed by atoms with Gasteiger partial charge in [0.25, 0.3) is 0 Å². The summed E-state index contributed by atoms with van der Waals surface area (Å²) in [4.78, 5) is 0. The van der Waals surface area contributed by atoms with Crippen molar-refractivity contribution >= 4 is 0 Å². The van der Waals surface area contributed by atoms with Crippen molar-refractivity contribution in [2.75, 3.05) is 6.61 Å². The molecule has 0 aromatic carbocycles. The van der Waals surface area contributed by atoms with Crippen molar-refractivity contribution in [2.24, 2.45) is 0 Å². The summed E-state index contributed by atoms with van der Waals surface area (Å²) in [7, 11) is 0. The fourth-order valence-corrected chi connectivity index (χ4v) is 0.0373. The van der Waals surface area contributed by atoms with Gasteiger partial charge >= 0.3 is 29.6 Å². The summed E-state index contributed by atoms with van der Waals surface area (Å²) in [6.45, 7) is -0.726. The van der Waals surface area contributed by atoms with E-state index in [0.717, 1.165) is 0 Å². The van der Waals surface area contributed by atoms with Gasteiger partial charge in [0, 0.05) is 0 Å². The number of aliphatic hydroxyl groups is 1. The van der Waals surface area contributed by atoms with Gasteiger partial charge in [0.15, 0.2) is 0 Å². The number of hydrogen-bond donors (Lipinski definition) is 1. The Bertz CT molecular complexity index is 69.8. The SMILES string of the molecule is N#CC(O)C[O-].[Na+]. The Hall–Kier alpha value is 0.410. The molecule has 0 fully saturated rings.